The van der Waals surface area contributed by atoms with Crippen molar-refractivity contribution in [3.05, 3.63) is 64.5 Å². The smallest absolute Gasteiger partial charge is 0.258 e. The van der Waals surface area contributed by atoms with Crippen molar-refractivity contribution in [2.24, 2.45) is 0 Å². The van der Waals surface area contributed by atoms with E-state index in [4.69, 9.17) is 16.3 Å². The molecule has 140 valence electrons. The van der Waals surface area contributed by atoms with Gasteiger partial charge in [-0.05, 0) is 38.4 Å². The Bertz CT molecular complexity index is 927. The van der Waals surface area contributed by atoms with Crippen molar-refractivity contribution in [2.45, 2.75) is 0 Å². The lowest BCUT2D eigenvalue weighted by Crippen LogP contribution is -2.19. The molecule has 1 aromatic heterocycles. The van der Waals surface area contributed by atoms with E-state index in [-0.39, 0.29) is 5.91 Å². The molecule has 0 fully saturated rings. The molecule has 5 nitrogen and oxygen atoms in total. The van der Waals surface area contributed by atoms with Crippen LogP contribution in [-0.4, -0.2) is 43.0 Å². The molecule has 0 bridgehead atoms. The Morgan fingerprint density at radius 2 is 1.93 bits per heavy atom. The summed E-state index contributed by atoms with van der Waals surface area (Å²) >= 11 is 7.44. The predicted octanol–water partition coefficient (Wildman–Crippen LogP) is 4.66. The van der Waals surface area contributed by atoms with Gasteiger partial charge in [0.15, 0.2) is 5.13 Å². The van der Waals surface area contributed by atoms with Crippen LogP contribution in [0, 0.1) is 0 Å². The van der Waals surface area contributed by atoms with Crippen molar-refractivity contribution in [1.82, 2.24) is 9.88 Å². The van der Waals surface area contributed by atoms with E-state index < -0.39 is 0 Å². The third kappa shape index (κ3) is 5.07. The molecule has 1 N–H and O–H groups in total. The van der Waals surface area contributed by atoms with Crippen LogP contribution in [0.25, 0.3) is 11.3 Å². The summed E-state index contributed by atoms with van der Waals surface area (Å²) in [6, 6.07) is 14.7. The van der Waals surface area contributed by atoms with Crippen molar-refractivity contribution in [3.8, 4) is 17.0 Å². The lowest BCUT2D eigenvalue weighted by Gasteiger charge is -2.13. The number of hydrogen-bond donors (Lipinski definition) is 1. The van der Waals surface area contributed by atoms with E-state index >= 15 is 0 Å². The molecule has 0 aliphatic heterocycles. The van der Waals surface area contributed by atoms with Gasteiger partial charge in [-0.15, -0.1) is 11.3 Å². The van der Waals surface area contributed by atoms with E-state index in [1.807, 2.05) is 43.7 Å². The lowest BCUT2D eigenvalue weighted by atomic mass is 10.1. The molecule has 27 heavy (non-hydrogen) atoms. The maximum atomic E-state index is 12.4. The van der Waals surface area contributed by atoms with Crippen molar-refractivity contribution < 1.29 is 9.53 Å². The van der Waals surface area contributed by atoms with Gasteiger partial charge in [0.2, 0.25) is 0 Å². The minimum atomic E-state index is -0.281. The molecule has 0 atom stereocenters. The fraction of sp³-hybridized carbons (Fsp3) is 0.200. The lowest BCUT2D eigenvalue weighted by molar-refractivity contribution is 0.102. The number of hydrogen-bond acceptors (Lipinski definition) is 5. The number of thiazole rings is 1. The molecule has 1 heterocycles. The zero-order chi connectivity index (χ0) is 19.2. The molecule has 0 saturated heterocycles. The average Bonchev–Trinajstić information content (AvgIpc) is 3.10. The van der Waals surface area contributed by atoms with E-state index in [9.17, 15) is 4.79 Å². The molecule has 0 radical (unpaired) electrons. The molecule has 0 saturated carbocycles. The summed E-state index contributed by atoms with van der Waals surface area (Å²) < 4.78 is 5.90. The number of benzene rings is 2. The first kappa shape index (κ1) is 19.4. The molecular formula is C20H20ClN3O2S. The number of para-hydroxylation sites is 1. The predicted molar refractivity (Wildman–Crippen MR) is 111 cm³/mol. The Morgan fingerprint density at radius 3 is 2.70 bits per heavy atom. The summed E-state index contributed by atoms with van der Waals surface area (Å²) in [5.41, 5.74) is 2.07. The van der Waals surface area contributed by atoms with Crippen molar-refractivity contribution >= 4 is 34.0 Å². The zero-order valence-corrected chi connectivity index (χ0v) is 16.7. The Hall–Kier alpha value is -2.41. The summed E-state index contributed by atoms with van der Waals surface area (Å²) in [6.07, 6.45) is 0. The summed E-state index contributed by atoms with van der Waals surface area (Å²) in [4.78, 5) is 19.0. The fourth-order valence-electron chi connectivity index (χ4n) is 2.41. The number of carbonyl (C=O) groups is 1. The summed E-state index contributed by atoms with van der Waals surface area (Å²) in [6.45, 7) is 1.41. The largest absolute Gasteiger partial charge is 0.492 e. The molecule has 1 amide bonds. The summed E-state index contributed by atoms with van der Waals surface area (Å²) in [7, 11) is 4.01. The number of nitrogens with one attached hydrogen (secondary N) is 1. The Morgan fingerprint density at radius 1 is 1.19 bits per heavy atom. The maximum absolute atomic E-state index is 12.4. The SMILES string of the molecule is CN(C)CCOc1ccccc1-c1csc(NC(=O)c2ccccc2Cl)n1. The van der Waals surface area contributed by atoms with E-state index in [1.54, 1.807) is 24.3 Å². The molecule has 7 heteroatoms. The van der Waals surface area contributed by atoms with Gasteiger partial charge in [0.05, 0.1) is 16.3 Å². The zero-order valence-electron chi connectivity index (χ0n) is 15.1. The van der Waals surface area contributed by atoms with Gasteiger partial charge in [0, 0.05) is 17.5 Å². The highest BCUT2D eigenvalue weighted by Crippen LogP contribution is 2.32. The van der Waals surface area contributed by atoms with Gasteiger partial charge in [0.1, 0.15) is 12.4 Å². The second-order valence-corrected chi connectivity index (χ2v) is 7.39. The maximum Gasteiger partial charge on any atom is 0.258 e. The first-order valence-electron chi connectivity index (χ1n) is 8.43. The van der Waals surface area contributed by atoms with Gasteiger partial charge < -0.3 is 9.64 Å². The number of rotatable bonds is 7. The number of ether oxygens (including phenoxy) is 1. The monoisotopic (exact) mass is 401 g/mol. The van der Waals surface area contributed by atoms with E-state index in [2.05, 4.69) is 15.2 Å². The van der Waals surface area contributed by atoms with Crippen LogP contribution in [0.1, 0.15) is 10.4 Å². The molecule has 0 aliphatic rings. The number of anilines is 1. The Kier molecular flexibility index (Phi) is 6.45. The number of amides is 1. The molecule has 0 spiro atoms. The second-order valence-electron chi connectivity index (χ2n) is 6.12. The molecule has 3 aromatic rings. The third-order valence-electron chi connectivity index (χ3n) is 3.80. The van der Waals surface area contributed by atoms with Crippen LogP contribution in [-0.2, 0) is 0 Å². The number of likely N-dealkylation sites (N-methyl/N-ethyl adjacent to an activating group) is 1. The minimum absolute atomic E-state index is 0.281. The number of aromatic nitrogens is 1. The highest BCUT2D eigenvalue weighted by molar-refractivity contribution is 7.14. The van der Waals surface area contributed by atoms with E-state index in [0.717, 1.165) is 23.6 Å². The van der Waals surface area contributed by atoms with Crippen molar-refractivity contribution in [1.29, 1.82) is 0 Å². The van der Waals surface area contributed by atoms with Gasteiger partial charge in [-0.1, -0.05) is 35.9 Å². The van der Waals surface area contributed by atoms with Crippen LogP contribution in [0.4, 0.5) is 5.13 Å². The summed E-state index contributed by atoms with van der Waals surface area (Å²) in [5, 5.41) is 5.62. The normalized spacial score (nSPS) is 10.8. The van der Waals surface area contributed by atoms with Gasteiger partial charge >= 0.3 is 0 Å². The van der Waals surface area contributed by atoms with E-state index in [1.165, 1.54) is 11.3 Å². The Labute approximate surface area is 167 Å². The summed E-state index contributed by atoms with van der Waals surface area (Å²) in [5.74, 6) is 0.491. The molecule has 0 unspecified atom stereocenters. The molecule has 2 aromatic carbocycles. The van der Waals surface area contributed by atoms with Crippen LogP contribution in [0.15, 0.2) is 53.9 Å². The van der Waals surface area contributed by atoms with E-state index in [0.29, 0.717) is 22.3 Å². The van der Waals surface area contributed by atoms with Gasteiger partial charge in [-0.3, -0.25) is 10.1 Å². The first-order chi connectivity index (χ1) is 13.0. The molecule has 3 rings (SSSR count). The molecular weight excluding hydrogens is 382 g/mol. The number of halogens is 1. The standard InChI is InChI=1S/C20H20ClN3O2S/c1-24(2)11-12-26-18-10-6-4-8-15(18)17-13-27-20(22-17)23-19(25)14-7-3-5-9-16(14)21/h3-10,13H,11-12H2,1-2H3,(H,22,23,25). The van der Waals surface area contributed by atoms with Crippen LogP contribution >= 0.6 is 22.9 Å². The van der Waals surface area contributed by atoms with Crippen LogP contribution in [0.3, 0.4) is 0 Å². The second kappa shape index (κ2) is 8.99. The number of carbonyl (C=O) groups excluding carboxylic acids is 1. The third-order valence-corrected chi connectivity index (χ3v) is 4.89. The molecule has 0 aliphatic carbocycles. The minimum Gasteiger partial charge on any atom is -0.492 e. The van der Waals surface area contributed by atoms with Gasteiger partial charge in [-0.2, -0.15) is 0 Å². The van der Waals surface area contributed by atoms with Crippen LogP contribution in [0.2, 0.25) is 5.02 Å². The van der Waals surface area contributed by atoms with Crippen molar-refractivity contribution in [3.63, 3.8) is 0 Å². The van der Waals surface area contributed by atoms with Crippen LogP contribution < -0.4 is 10.1 Å². The first-order valence-corrected chi connectivity index (χ1v) is 9.68. The topological polar surface area (TPSA) is 54.5 Å². The fourth-order valence-corrected chi connectivity index (χ4v) is 3.33. The Balaban J connectivity index is 1.74. The van der Waals surface area contributed by atoms with Gasteiger partial charge in [-0.25, -0.2) is 4.98 Å². The quantitative estimate of drug-likeness (QED) is 0.625. The highest BCUT2D eigenvalue weighted by atomic mass is 35.5. The van der Waals surface area contributed by atoms with Gasteiger partial charge in [0.25, 0.3) is 5.91 Å². The number of nitrogens with zero attached hydrogens (tertiary/aromatic N) is 2. The average molecular weight is 402 g/mol. The van der Waals surface area contributed by atoms with Crippen LogP contribution in [0.5, 0.6) is 5.75 Å². The highest BCUT2D eigenvalue weighted by Gasteiger charge is 2.14. The van der Waals surface area contributed by atoms with Crippen molar-refractivity contribution in [2.75, 3.05) is 32.6 Å².